The Morgan fingerprint density at radius 3 is 1.32 bits per heavy atom. The second-order valence-electron chi connectivity index (χ2n) is 8.58. The number of nitrogens with one attached hydrogen (secondary N) is 2. The molecule has 0 aliphatic rings. The van der Waals surface area contributed by atoms with Crippen molar-refractivity contribution >= 4 is 67.2 Å². The fourth-order valence-electron chi connectivity index (χ4n) is 3.79. The molecule has 0 saturated heterocycles. The highest BCUT2D eigenvalue weighted by Gasteiger charge is 2.12. The lowest BCUT2D eigenvalue weighted by Crippen LogP contribution is -2.09. The van der Waals surface area contributed by atoms with Gasteiger partial charge < -0.3 is 20.1 Å². The highest BCUT2D eigenvalue weighted by molar-refractivity contribution is 9.10. The number of halogens is 2. The monoisotopic (exact) mass is 660 g/mol. The van der Waals surface area contributed by atoms with Gasteiger partial charge in [-0.3, -0.25) is 9.59 Å². The summed E-state index contributed by atoms with van der Waals surface area (Å²) in [5, 5.41) is 5.72. The van der Waals surface area contributed by atoms with Gasteiger partial charge in [-0.2, -0.15) is 0 Å². The summed E-state index contributed by atoms with van der Waals surface area (Å²) >= 11 is 6.80. The van der Waals surface area contributed by atoms with E-state index in [1.165, 1.54) is 12.2 Å². The predicted octanol–water partition coefficient (Wildman–Crippen LogP) is 8.20. The molecule has 0 unspecified atom stereocenters. The third-order valence-electron chi connectivity index (χ3n) is 5.85. The Hall–Kier alpha value is -4.14. The van der Waals surface area contributed by atoms with E-state index in [0.717, 1.165) is 31.2 Å². The molecule has 0 aliphatic carbocycles. The van der Waals surface area contributed by atoms with Crippen molar-refractivity contribution < 1.29 is 19.1 Å². The molecule has 6 nitrogen and oxygen atoms in total. The standard InChI is InChI=1S/C32H26Br2N2O4/c1-39-29-19-23(9-15-27(29)35-31(37)17-7-21-3-11-25(33)12-4-21)24-10-16-28(30(20-24)40-2)36-32(38)18-8-22-5-13-26(34)14-6-22/h3-20H,1-2H3,(H,35,37)(H,36,38)/b17-7+,18-8+. The summed E-state index contributed by atoms with van der Waals surface area (Å²) in [7, 11) is 3.10. The molecule has 4 rings (SSSR count). The summed E-state index contributed by atoms with van der Waals surface area (Å²) in [4.78, 5) is 25.0. The molecule has 202 valence electrons. The van der Waals surface area contributed by atoms with Gasteiger partial charge in [0, 0.05) is 21.1 Å². The number of rotatable bonds is 9. The molecule has 0 saturated carbocycles. The lowest BCUT2D eigenvalue weighted by Gasteiger charge is -2.14. The minimum absolute atomic E-state index is 0.273. The van der Waals surface area contributed by atoms with Gasteiger partial charge in [-0.1, -0.05) is 68.3 Å². The van der Waals surface area contributed by atoms with Gasteiger partial charge in [-0.05, 0) is 82.9 Å². The molecule has 4 aromatic carbocycles. The molecule has 40 heavy (non-hydrogen) atoms. The Bertz CT molecular complexity index is 1440. The normalized spacial score (nSPS) is 11.0. The highest BCUT2D eigenvalue weighted by Crippen LogP contribution is 2.35. The van der Waals surface area contributed by atoms with Gasteiger partial charge in [0.2, 0.25) is 11.8 Å². The van der Waals surface area contributed by atoms with Gasteiger partial charge in [0.15, 0.2) is 0 Å². The first-order valence-corrected chi connectivity index (χ1v) is 13.8. The van der Waals surface area contributed by atoms with Crippen LogP contribution in [0, 0.1) is 0 Å². The van der Waals surface area contributed by atoms with Crippen LogP contribution >= 0.6 is 31.9 Å². The molecular formula is C32H26Br2N2O4. The number of ether oxygens (including phenoxy) is 2. The molecule has 0 aliphatic heterocycles. The average Bonchev–Trinajstić information content (AvgIpc) is 2.97. The smallest absolute Gasteiger partial charge is 0.248 e. The van der Waals surface area contributed by atoms with E-state index in [9.17, 15) is 9.59 Å². The first kappa shape index (κ1) is 28.9. The Kier molecular flexibility index (Phi) is 9.94. The zero-order valence-electron chi connectivity index (χ0n) is 21.8. The van der Waals surface area contributed by atoms with E-state index in [1.54, 1.807) is 38.5 Å². The molecule has 0 aromatic heterocycles. The third kappa shape index (κ3) is 7.94. The van der Waals surface area contributed by atoms with E-state index in [-0.39, 0.29) is 11.8 Å². The summed E-state index contributed by atoms with van der Waals surface area (Å²) in [5.74, 6) is 0.476. The second kappa shape index (κ2) is 13.8. The Labute approximate surface area is 250 Å². The van der Waals surface area contributed by atoms with E-state index < -0.39 is 0 Å². The zero-order chi connectivity index (χ0) is 28.5. The van der Waals surface area contributed by atoms with Crippen LogP contribution in [0.2, 0.25) is 0 Å². The Balaban J connectivity index is 1.45. The molecule has 0 radical (unpaired) electrons. The maximum Gasteiger partial charge on any atom is 0.248 e. The molecule has 8 heteroatoms. The molecular weight excluding hydrogens is 636 g/mol. The van der Waals surface area contributed by atoms with E-state index in [4.69, 9.17) is 9.47 Å². The van der Waals surface area contributed by atoms with E-state index in [1.807, 2.05) is 72.8 Å². The number of carbonyl (C=O) groups is 2. The Morgan fingerprint density at radius 1 is 0.600 bits per heavy atom. The van der Waals surface area contributed by atoms with Crippen molar-refractivity contribution in [3.63, 3.8) is 0 Å². The molecule has 4 aromatic rings. The number of anilines is 2. The number of hydrogen-bond acceptors (Lipinski definition) is 4. The number of carbonyl (C=O) groups excluding carboxylic acids is 2. The first-order chi connectivity index (χ1) is 19.3. The molecule has 2 amide bonds. The maximum atomic E-state index is 12.5. The second-order valence-corrected chi connectivity index (χ2v) is 10.4. The fraction of sp³-hybridized carbons (Fsp3) is 0.0625. The van der Waals surface area contributed by atoms with Crippen molar-refractivity contribution in [1.29, 1.82) is 0 Å². The van der Waals surface area contributed by atoms with Crippen LogP contribution in [0.1, 0.15) is 11.1 Å². The van der Waals surface area contributed by atoms with Gasteiger partial charge in [-0.15, -0.1) is 0 Å². The van der Waals surface area contributed by atoms with Crippen molar-refractivity contribution in [2.45, 2.75) is 0 Å². The van der Waals surface area contributed by atoms with Gasteiger partial charge in [0.1, 0.15) is 11.5 Å². The largest absolute Gasteiger partial charge is 0.495 e. The molecule has 0 bridgehead atoms. The number of benzene rings is 4. The topological polar surface area (TPSA) is 76.7 Å². The van der Waals surface area contributed by atoms with Crippen LogP contribution in [0.25, 0.3) is 23.3 Å². The third-order valence-corrected chi connectivity index (χ3v) is 6.90. The maximum absolute atomic E-state index is 12.5. The number of hydrogen-bond donors (Lipinski definition) is 2. The summed E-state index contributed by atoms with van der Waals surface area (Å²) in [6.07, 6.45) is 6.43. The van der Waals surface area contributed by atoms with Crippen molar-refractivity contribution in [2.24, 2.45) is 0 Å². The van der Waals surface area contributed by atoms with Crippen molar-refractivity contribution in [1.82, 2.24) is 0 Å². The summed E-state index contributed by atoms with van der Waals surface area (Å²) < 4.78 is 13.0. The van der Waals surface area contributed by atoms with Crippen molar-refractivity contribution in [2.75, 3.05) is 24.9 Å². The molecule has 0 heterocycles. The first-order valence-electron chi connectivity index (χ1n) is 12.2. The van der Waals surface area contributed by atoms with Crippen LogP contribution in [0.15, 0.2) is 106 Å². The van der Waals surface area contributed by atoms with Gasteiger partial charge >= 0.3 is 0 Å². The van der Waals surface area contributed by atoms with Crippen molar-refractivity contribution in [3.8, 4) is 22.6 Å². The summed E-state index contributed by atoms with van der Waals surface area (Å²) in [6.45, 7) is 0. The lowest BCUT2D eigenvalue weighted by atomic mass is 10.0. The van der Waals surface area contributed by atoms with Crippen LogP contribution in [-0.4, -0.2) is 26.0 Å². The van der Waals surface area contributed by atoms with Crippen LogP contribution in [-0.2, 0) is 9.59 Å². The highest BCUT2D eigenvalue weighted by atomic mass is 79.9. The lowest BCUT2D eigenvalue weighted by molar-refractivity contribution is -0.112. The van der Waals surface area contributed by atoms with Gasteiger partial charge in [0.05, 0.1) is 25.6 Å². The minimum atomic E-state index is -0.273. The Morgan fingerprint density at radius 2 is 0.975 bits per heavy atom. The van der Waals surface area contributed by atoms with Gasteiger partial charge in [0.25, 0.3) is 0 Å². The SMILES string of the molecule is COc1cc(-c2ccc(NC(=O)/C=C/c3ccc(Br)cc3)c(OC)c2)ccc1NC(=O)/C=C/c1ccc(Br)cc1. The number of methoxy groups -OCH3 is 2. The van der Waals surface area contributed by atoms with Crippen molar-refractivity contribution in [3.05, 3.63) is 117 Å². The van der Waals surface area contributed by atoms with E-state index >= 15 is 0 Å². The van der Waals surface area contributed by atoms with Crippen LogP contribution in [0.5, 0.6) is 11.5 Å². The van der Waals surface area contributed by atoms with Crippen LogP contribution < -0.4 is 20.1 Å². The summed E-state index contributed by atoms with van der Waals surface area (Å²) in [6, 6.07) is 26.3. The average molecular weight is 662 g/mol. The molecule has 2 N–H and O–H groups in total. The predicted molar refractivity (Wildman–Crippen MR) is 169 cm³/mol. The molecule has 0 spiro atoms. The number of amides is 2. The summed E-state index contributed by atoms with van der Waals surface area (Å²) in [5.41, 5.74) is 4.62. The van der Waals surface area contributed by atoms with Gasteiger partial charge in [-0.25, -0.2) is 0 Å². The molecule has 0 atom stereocenters. The quantitative estimate of drug-likeness (QED) is 0.177. The fourth-order valence-corrected chi connectivity index (χ4v) is 4.32. The van der Waals surface area contributed by atoms with Crippen LogP contribution in [0.4, 0.5) is 11.4 Å². The minimum Gasteiger partial charge on any atom is -0.495 e. The molecule has 0 fully saturated rings. The van der Waals surface area contributed by atoms with Crippen LogP contribution in [0.3, 0.4) is 0 Å². The van der Waals surface area contributed by atoms with E-state index in [2.05, 4.69) is 42.5 Å². The van der Waals surface area contributed by atoms with E-state index in [0.29, 0.717) is 22.9 Å². The zero-order valence-corrected chi connectivity index (χ0v) is 25.0.